The van der Waals surface area contributed by atoms with Crippen LogP contribution in [0.15, 0.2) is 36.4 Å². The standard InChI is InChI=1S/C17H16O4/c1-10-13(20-2)9-15-16(17(10)19)12(18)8-14(21-15)11-6-4-3-5-7-11/h3-7,9,14,19H,8H2,1-2H3. The lowest BCUT2D eigenvalue weighted by atomic mass is 9.94. The van der Waals surface area contributed by atoms with E-state index in [0.717, 1.165) is 5.56 Å². The molecule has 0 spiro atoms. The van der Waals surface area contributed by atoms with Gasteiger partial charge < -0.3 is 14.6 Å². The number of hydrogen-bond donors (Lipinski definition) is 1. The van der Waals surface area contributed by atoms with Crippen molar-refractivity contribution in [2.45, 2.75) is 19.4 Å². The number of ether oxygens (including phenoxy) is 2. The molecule has 1 N–H and O–H groups in total. The highest BCUT2D eigenvalue weighted by Crippen LogP contribution is 2.44. The Morgan fingerprint density at radius 3 is 2.67 bits per heavy atom. The topological polar surface area (TPSA) is 55.8 Å². The summed E-state index contributed by atoms with van der Waals surface area (Å²) in [6.45, 7) is 1.71. The molecule has 0 saturated carbocycles. The van der Waals surface area contributed by atoms with Gasteiger partial charge in [-0.1, -0.05) is 30.3 Å². The number of phenols is 1. The summed E-state index contributed by atoms with van der Waals surface area (Å²) >= 11 is 0. The number of hydrogen-bond acceptors (Lipinski definition) is 4. The lowest BCUT2D eigenvalue weighted by molar-refractivity contribution is 0.0844. The van der Waals surface area contributed by atoms with E-state index >= 15 is 0 Å². The van der Waals surface area contributed by atoms with Crippen molar-refractivity contribution in [1.82, 2.24) is 0 Å². The molecule has 2 aromatic rings. The fourth-order valence-electron chi connectivity index (χ4n) is 2.61. The molecule has 108 valence electrons. The first kappa shape index (κ1) is 13.5. The third kappa shape index (κ3) is 2.23. The van der Waals surface area contributed by atoms with E-state index in [1.807, 2.05) is 30.3 Å². The van der Waals surface area contributed by atoms with Gasteiger partial charge in [0.1, 0.15) is 28.9 Å². The minimum absolute atomic E-state index is 0.0548. The van der Waals surface area contributed by atoms with Crippen LogP contribution in [0, 0.1) is 6.92 Å². The van der Waals surface area contributed by atoms with Crippen molar-refractivity contribution in [2.75, 3.05) is 7.11 Å². The molecule has 0 fully saturated rings. The van der Waals surface area contributed by atoms with Gasteiger partial charge in [0.2, 0.25) is 0 Å². The molecule has 1 aliphatic rings. The van der Waals surface area contributed by atoms with Crippen LogP contribution in [0.2, 0.25) is 0 Å². The fraction of sp³-hybridized carbons (Fsp3) is 0.235. The molecule has 0 bridgehead atoms. The van der Waals surface area contributed by atoms with Crippen molar-refractivity contribution >= 4 is 5.78 Å². The van der Waals surface area contributed by atoms with Crippen LogP contribution in [0.25, 0.3) is 0 Å². The van der Waals surface area contributed by atoms with Crippen LogP contribution in [0.5, 0.6) is 17.2 Å². The van der Waals surface area contributed by atoms with E-state index in [1.165, 1.54) is 7.11 Å². The van der Waals surface area contributed by atoms with E-state index in [1.54, 1.807) is 13.0 Å². The molecule has 2 aromatic carbocycles. The quantitative estimate of drug-likeness (QED) is 0.918. The smallest absolute Gasteiger partial charge is 0.174 e. The van der Waals surface area contributed by atoms with Gasteiger partial charge in [-0.3, -0.25) is 4.79 Å². The minimum Gasteiger partial charge on any atom is -0.507 e. The molecular weight excluding hydrogens is 268 g/mol. The second-order valence-electron chi connectivity index (χ2n) is 5.07. The van der Waals surface area contributed by atoms with Crippen LogP contribution in [0.1, 0.15) is 34.0 Å². The second kappa shape index (κ2) is 5.13. The van der Waals surface area contributed by atoms with Crippen LogP contribution in [0.3, 0.4) is 0 Å². The summed E-state index contributed by atoms with van der Waals surface area (Å²) in [5, 5.41) is 10.2. The van der Waals surface area contributed by atoms with Crippen molar-refractivity contribution in [3.8, 4) is 17.2 Å². The predicted molar refractivity (Wildman–Crippen MR) is 78.2 cm³/mol. The van der Waals surface area contributed by atoms with Gasteiger partial charge in [-0.25, -0.2) is 0 Å². The first-order valence-corrected chi connectivity index (χ1v) is 6.77. The van der Waals surface area contributed by atoms with E-state index in [4.69, 9.17) is 9.47 Å². The largest absolute Gasteiger partial charge is 0.507 e. The van der Waals surface area contributed by atoms with Crippen molar-refractivity contribution in [3.05, 3.63) is 53.1 Å². The van der Waals surface area contributed by atoms with Gasteiger partial charge in [-0.15, -0.1) is 0 Å². The van der Waals surface area contributed by atoms with Gasteiger partial charge >= 0.3 is 0 Å². The van der Waals surface area contributed by atoms with Crippen LogP contribution >= 0.6 is 0 Å². The fourth-order valence-corrected chi connectivity index (χ4v) is 2.61. The molecular formula is C17H16O4. The maximum Gasteiger partial charge on any atom is 0.174 e. The van der Waals surface area contributed by atoms with Gasteiger partial charge in [0.25, 0.3) is 0 Å². The van der Waals surface area contributed by atoms with Crippen LogP contribution in [0.4, 0.5) is 0 Å². The molecule has 0 amide bonds. The first-order chi connectivity index (χ1) is 10.1. The minimum atomic E-state index is -0.335. The number of phenolic OH excluding ortho intramolecular Hbond substituents is 1. The summed E-state index contributed by atoms with van der Waals surface area (Å²) < 4.78 is 11.1. The van der Waals surface area contributed by atoms with E-state index < -0.39 is 0 Å². The Labute approximate surface area is 122 Å². The van der Waals surface area contributed by atoms with Crippen molar-refractivity contribution in [2.24, 2.45) is 0 Å². The highest BCUT2D eigenvalue weighted by Gasteiger charge is 2.32. The zero-order chi connectivity index (χ0) is 15.0. The summed E-state index contributed by atoms with van der Waals surface area (Å²) in [4.78, 5) is 12.4. The molecule has 4 heteroatoms. The Bertz CT molecular complexity index is 692. The van der Waals surface area contributed by atoms with Crippen LogP contribution in [-0.2, 0) is 0 Å². The molecule has 1 atom stereocenters. The lowest BCUT2D eigenvalue weighted by Crippen LogP contribution is -2.20. The second-order valence-corrected chi connectivity index (χ2v) is 5.07. The molecule has 0 aromatic heterocycles. The summed E-state index contributed by atoms with van der Waals surface area (Å²) in [5.74, 6) is 0.710. The predicted octanol–water partition coefficient (Wildman–Crippen LogP) is 3.42. The molecule has 0 radical (unpaired) electrons. The zero-order valence-electron chi connectivity index (χ0n) is 11.9. The van der Waals surface area contributed by atoms with Crippen molar-refractivity contribution in [3.63, 3.8) is 0 Å². The summed E-state index contributed by atoms with van der Waals surface area (Å²) in [6, 6.07) is 11.2. The molecule has 1 unspecified atom stereocenters. The highest BCUT2D eigenvalue weighted by atomic mass is 16.5. The zero-order valence-corrected chi connectivity index (χ0v) is 11.9. The number of carbonyl (C=O) groups is 1. The number of rotatable bonds is 2. The normalized spacial score (nSPS) is 17.0. The van der Waals surface area contributed by atoms with E-state index in [2.05, 4.69) is 0 Å². The maximum absolute atomic E-state index is 12.4. The Balaban J connectivity index is 2.06. The summed E-state index contributed by atoms with van der Waals surface area (Å²) in [7, 11) is 1.52. The lowest BCUT2D eigenvalue weighted by Gasteiger charge is -2.27. The number of aromatic hydroxyl groups is 1. The molecule has 1 heterocycles. The molecule has 21 heavy (non-hydrogen) atoms. The Morgan fingerprint density at radius 1 is 1.29 bits per heavy atom. The van der Waals surface area contributed by atoms with Crippen molar-refractivity contribution in [1.29, 1.82) is 0 Å². The van der Waals surface area contributed by atoms with Gasteiger partial charge in [0.15, 0.2) is 5.78 Å². The Morgan fingerprint density at radius 2 is 2.00 bits per heavy atom. The number of fused-ring (bicyclic) bond motifs is 1. The molecule has 3 rings (SSSR count). The average molecular weight is 284 g/mol. The monoisotopic (exact) mass is 284 g/mol. The Kier molecular flexibility index (Phi) is 3.29. The van der Waals surface area contributed by atoms with Crippen molar-refractivity contribution < 1.29 is 19.4 Å². The molecule has 4 nitrogen and oxygen atoms in total. The number of methoxy groups -OCH3 is 1. The van der Waals surface area contributed by atoms with Gasteiger partial charge in [0.05, 0.1) is 13.5 Å². The summed E-state index contributed by atoms with van der Waals surface area (Å²) in [5.41, 5.74) is 1.74. The molecule has 1 aliphatic heterocycles. The molecule has 0 aliphatic carbocycles. The van der Waals surface area contributed by atoms with E-state index in [0.29, 0.717) is 17.1 Å². The number of ketones is 1. The van der Waals surface area contributed by atoms with Gasteiger partial charge in [0, 0.05) is 11.6 Å². The van der Waals surface area contributed by atoms with Crippen LogP contribution in [-0.4, -0.2) is 18.0 Å². The third-order valence-corrected chi connectivity index (χ3v) is 3.78. The maximum atomic E-state index is 12.4. The third-order valence-electron chi connectivity index (χ3n) is 3.78. The van der Waals surface area contributed by atoms with E-state index in [-0.39, 0.29) is 29.6 Å². The van der Waals surface area contributed by atoms with E-state index in [9.17, 15) is 9.90 Å². The summed E-state index contributed by atoms with van der Waals surface area (Å²) in [6.07, 6.45) is -0.117. The van der Waals surface area contributed by atoms with Gasteiger partial charge in [-0.2, -0.15) is 0 Å². The van der Waals surface area contributed by atoms with Crippen LogP contribution < -0.4 is 9.47 Å². The number of benzene rings is 2. The first-order valence-electron chi connectivity index (χ1n) is 6.77. The Hall–Kier alpha value is -2.49. The number of carbonyl (C=O) groups excluding carboxylic acids is 1. The van der Waals surface area contributed by atoms with Gasteiger partial charge in [-0.05, 0) is 12.5 Å². The molecule has 0 saturated heterocycles. The SMILES string of the molecule is COc1cc2c(c(O)c1C)C(=O)CC(c1ccccc1)O2. The number of Topliss-reactive ketones (excluding diaryl/α,β-unsaturated/α-hetero) is 1. The highest BCUT2D eigenvalue weighted by molar-refractivity contribution is 6.03. The average Bonchev–Trinajstić information content (AvgIpc) is 2.51.